The molecule has 0 spiro atoms. The van der Waals surface area contributed by atoms with E-state index in [1.165, 1.54) is 0 Å². The number of carbonyl (C=O) groups excluding carboxylic acids is 2. The molecule has 0 atom stereocenters. The molecule has 14 heavy (non-hydrogen) atoms. The first-order valence-electron chi connectivity index (χ1n) is 4.40. The molecule has 0 unspecified atom stereocenters. The molecule has 0 bridgehead atoms. The highest BCUT2D eigenvalue weighted by molar-refractivity contribution is 6.35. The van der Waals surface area contributed by atoms with Gasteiger partial charge in [-0.2, -0.15) is 0 Å². The van der Waals surface area contributed by atoms with E-state index in [4.69, 9.17) is 23.2 Å². The lowest BCUT2D eigenvalue weighted by atomic mass is 10.4. The van der Waals surface area contributed by atoms with Crippen LogP contribution < -0.4 is 10.6 Å². The molecule has 0 aromatic carbocycles. The topological polar surface area (TPSA) is 58.2 Å². The van der Waals surface area contributed by atoms with Crippen molar-refractivity contribution in [2.45, 2.75) is 12.8 Å². The van der Waals surface area contributed by atoms with Crippen molar-refractivity contribution in [3.8, 4) is 0 Å². The summed E-state index contributed by atoms with van der Waals surface area (Å²) in [5.41, 5.74) is 0. The second-order valence-electron chi connectivity index (χ2n) is 2.60. The van der Waals surface area contributed by atoms with Crippen molar-refractivity contribution in [3.63, 3.8) is 0 Å². The predicted molar refractivity (Wildman–Crippen MR) is 56.7 cm³/mol. The Bertz CT molecular complexity index is 168. The maximum Gasteiger partial charge on any atom is 0.309 e. The van der Waals surface area contributed by atoms with Gasteiger partial charge in [-0.1, -0.05) is 0 Å². The van der Waals surface area contributed by atoms with E-state index in [0.29, 0.717) is 37.7 Å². The van der Waals surface area contributed by atoms with Crippen molar-refractivity contribution in [1.82, 2.24) is 10.6 Å². The van der Waals surface area contributed by atoms with Gasteiger partial charge in [0.2, 0.25) is 0 Å². The quantitative estimate of drug-likeness (QED) is 0.403. The van der Waals surface area contributed by atoms with Crippen molar-refractivity contribution >= 4 is 35.0 Å². The maximum atomic E-state index is 11.0. The van der Waals surface area contributed by atoms with Crippen molar-refractivity contribution < 1.29 is 9.59 Å². The van der Waals surface area contributed by atoms with Crippen LogP contribution >= 0.6 is 23.2 Å². The summed E-state index contributed by atoms with van der Waals surface area (Å²) >= 11 is 10.8. The van der Waals surface area contributed by atoms with Crippen LogP contribution in [-0.4, -0.2) is 36.7 Å². The third kappa shape index (κ3) is 6.97. The lowest BCUT2D eigenvalue weighted by Crippen LogP contribution is -2.40. The van der Waals surface area contributed by atoms with E-state index >= 15 is 0 Å². The molecule has 82 valence electrons. The molecule has 0 heterocycles. The van der Waals surface area contributed by atoms with Gasteiger partial charge < -0.3 is 10.6 Å². The van der Waals surface area contributed by atoms with Crippen LogP contribution in [0.15, 0.2) is 0 Å². The minimum Gasteiger partial charge on any atom is -0.348 e. The van der Waals surface area contributed by atoms with Gasteiger partial charge in [0, 0.05) is 24.8 Å². The Hall–Kier alpha value is -0.480. The van der Waals surface area contributed by atoms with Crippen LogP contribution in [0.1, 0.15) is 12.8 Å². The van der Waals surface area contributed by atoms with Gasteiger partial charge in [-0.15, -0.1) is 23.2 Å². The summed E-state index contributed by atoms with van der Waals surface area (Å²) in [6.07, 6.45) is 1.31. The molecule has 4 nitrogen and oxygen atoms in total. The van der Waals surface area contributed by atoms with Gasteiger partial charge in [-0.3, -0.25) is 9.59 Å². The Kier molecular flexibility index (Phi) is 8.78. The first-order chi connectivity index (χ1) is 6.72. The summed E-state index contributed by atoms with van der Waals surface area (Å²) in [6.45, 7) is 0.844. The average molecular weight is 241 g/mol. The van der Waals surface area contributed by atoms with E-state index in [0.717, 1.165) is 0 Å². The normalized spacial score (nSPS) is 9.57. The zero-order valence-electron chi connectivity index (χ0n) is 7.82. The fourth-order valence-electron chi connectivity index (χ4n) is 0.698. The SMILES string of the molecule is O=C(NCCCCl)C(=O)NCCCCl. The first kappa shape index (κ1) is 13.5. The molecule has 0 radical (unpaired) electrons. The summed E-state index contributed by atoms with van der Waals surface area (Å²) in [5.74, 6) is -0.308. The van der Waals surface area contributed by atoms with Gasteiger partial charge in [-0.25, -0.2) is 0 Å². The van der Waals surface area contributed by atoms with Gasteiger partial charge in [0.25, 0.3) is 0 Å². The summed E-state index contributed by atoms with van der Waals surface area (Å²) in [7, 11) is 0. The van der Waals surface area contributed by atoms with Crippen molar-refractivity contribution in [3.05, 3.63) is 0 Å². The largest absolute Gasteiger partial charge is 0.348 e. The molecule has 0 aliphatic carbocycles. The second-order valence-corrected chi connectivity index (χ2v) is 3.35. The highest BCUT2D eigenvalue weighted by Gasteiger charge is 2.10. The number of halogens is 2. The smallest absolute Gasteiger partial charge is 0.309 e. The lowest BCUT2D eigenvalue weighted by molar-refractivity contribution is -0.139. The number of amides is 2. The monoisotopic (exact) mass is 240 g/mol. The Morgan fingerprint density at radius 1 is 0.857 bits per heavy atom. The Balaban J connectivity index is 3.50. The van der Waals surface area contributed by atoms with Crippen molar-refractivity contribution in [2.24, 2.45) is 0 Å². The number of hydrogen-bond acceptors (Lipinski definition) is 2. The van der Waals surface area contributed by atoms with Crippen LogP contribution in [0, 0.1) is 0 Å². The molecule has 2 N–H and O–H groups in total. The zero-order chi connectivity index (χ0) is 10.8. The summed E-state index contributed by atoms with van der Waals surface area (Å²) in [5, 5.41) is 4.88. The average Bonchev–Trinajstić information content (AvgIpc) is 2.18. The van der Waals surface area contributed by atoms with Crippen molar-refractivity contribution in [1.29, 1.82) is 0 Å². The second kappa shape index (κ2) is 9.09. The molecule has 0 saturated carbocycles. The minimum atomic E-state index is -0.621. The number of nitrogens with one attached hydrogen (secondary N) is 2. The summed E-state index contributed by atoms with van der Waals surface area (Å²) < 4.78 is 0. The highest BCUT2D eigenvalue weighted by atomic mass is 35.5. The van der Waals surface area contributed by atoms with Crippen LogP contribution in [0.25, 0.3) is 0 Å². The summed E-state index contributed by atoms with van der Waals surface area (Å²) in [4.78, 5) is 22.0. The van der Waals surface area contributed by atoms with Crippen LogP contribution in [-0.2, 0) is 9.59 Å². The lowest BCUT2D eigenvalue weighted by Gasteiger charge is -2.04. The Morgan fingerprint density at radius 2 is 1.21 bits per heavy atom. The number of rotatable bonds is 6. The van der Waals surface area contributed by atoms with Crippen LogP contribution in [0.2, 0.25) is 0 Å². The van der Waals surface area contributed by atoms with Gasteiger partial charge in [0.15, 0.2) is 0 Å². The molecule has 2 amide bonds. The van der Waals surface area contributed by atoms with E-state index in [9.17, 15) is 9.59 Å². The molecule has 0 aliphatic heterocycles. The van der Waals surface area contributed by atoms with Gasteiger partial charge in [0.1, 0.15) is 0 Å². The number of alkyl halides is 2. The Morgan fingerprint density at radius 3 is 1.50 bits per heavy atom. The van der Waals surface area contributed by atoms with E-state index in [1.54, 1.807) is 0 Å². The third-order valence-corrected chi connectivity index (χ3v) is 1.93. The number of hydrogen-bond donors (Lipinski definition) is 2. The fourth-order valence-corrected chi connectivity index (χ4v) is 0.965. The summed E-state index contributed by atoms with van der Waals surface area (Å²) in [6, 6.07) is 0. The molecule has 0 fully saturated rings. The van der Waals surface area contributed by atoms with Gasteiger partial charge >= 0.3 is 11.8 Å². The van der Waals surface area contributed by atoms with E-state index < -0.39 is 11.8 Å². The molecule has 0 aliphatic rings. The van der Waals surface area contributed by atoms with Crippen LogP contribution in [0.4, 0.5) is 0 Å². The van der Waals surface area contributed by atoms with E-state index in [-0.39, 0.29) is 0 Å². The maximum absolute atomic E-state index is 11.0. The van der Waals surface area contributed by atoms with Crippen LogP contribution in [0.5, 0.6) is 0 Å². The molecule has 0 rings (SSSR count). The molecule has 0 aromatic rings. The molecule has 0 aromatic heterocycles. The first-order valence-corrected chi connectivity index (χ1v) is 5.47. The number of carbonyl (C=O) groups is 2. The Labute approximate surface area is 93.3 Å². The van der Waals surface area contributed by atoms with Crippen molar-refractivity contribution in [2.75, 3.05) is 24.8 Å². The predicted octanol–water partition coefficient (Wildman–Crippen LogP) is 0.477. The van der Waals surface area contributed by atoms with Gasteiger partial charge in [0.05, 0.1) is 0 Å². The molecular weight excluding hydrogens is 227 g/mol. The van der Waals surface area contributed by atoms with E-state index in [1.807, 2.05) is 0 Å². The van der Waals surface area contributed by atoms with Gasteiger partial charge in [-0.05, 0) is 12.8 Å². The van der Waals surface area contributed by atoms with Crippen LogP contribution in [0.3, 0.4) is 0 Å². The minimum absolute atomic E-state index is 0.422. The fraction of sp³-hybridized carbons (Fsp3) is 0.750. The standard InChI is InChI=1S/C8H14Cl2N2O2/c9-3-1-5-11-7(13)8(14)12-6-2-4-10/h1-6H2,(H,11,13)(H,12,14). The zero-order valence-corrected chi connectivity index (χ0v) is 9.33. The van der Waals surface area contributed by atoms with E-state index in [2.05, 4.69) is 10.6 Å². The molecule has 0 saturated heterocycles. The highest BCUT2D eigenvalue weighted by Crippen LogP contribution is 1.83. The third-order valence-electron chi connectivity index (χ3n) is 1.40. The molecular formula is C8H14Cl2N2O2. The molecule has 6 heteroatoms.